The van der Waals surface area contributed by atoms with Crippen LogP contribution < -0.4 is 10.2 Å². The summed E-state index contributed by atoms with van der Waals surface area (Å²) >= 11 is 0. The van der Waals surface area contributed by atoms with Crippen molar-refractivity contribution in [2.24, 2.45) is 0 Å². The summed E-state index contributed by atoms with van der Waals surface area (Å²) in [5, 5.41) is 13.6. The van der Waals surface area contributed by atoms with Crippen molar-refractivity contribution in [3.8, 4) is 0 Å². The smallest absolute Gasteiger partial charge is 0.269 e. The highest BCUT2D eigenvalue weighted by Crippen LogP contribution is 2.21. The topological polar surface area (TPSA) is 95.8 Å². The molecule has 3 rings (SSSR count). The number of piperazine rings is 1. The third-order valence-corrected chi connectivity index (χ3v) is 4.95. The van der Waals surface area contributed by atoms with Crippen LogP contribution in [0.4, 0.5) is 11.4 Å². The van der Waals surface area contributed by atoms with E-state index in [1.54, 1.807) is 41.3 Å². The predicted molar refractivity (Wildman–Crippen MR) is 110 cm³/mol. The minimum atomic E-state index is -0.419. The number of carbonyl (C=O) groups is 2. The van der Waals surface area contributed by atoms with Gasteiger partial charge in [-0.1, -0.05) is 18.2 Å². The van der Waals surface area contributed by atoms with Gasteiger partial charge in [0.25, 0.3) is 11.6 Å². The van der Waals surface area contributed by atoms with Gasteiger partial charge in [-0.25, -0.2) is 0 Å². The van der Waals surface area contributed by atoms with Crippen LogP contribution in [0, 0.1) is 10.1 Å². The van der Waals surface area contributed by atoms with Gasteiger partial charge in [0.1, 0.15) is 0 Å². The van der Waals surface area contributed by atoms with E-state index in [1.807, 2.05) is 13.0 Å². The quantitative estimate of drug-likeness (QED) is 0.598. The molecule has 1 aliphatic rings. The second-order valence-corrected chi connectivity index (χ2v) is 7.09. The first-order valence-corrected chi connectivity index (χ1v) is 9.57. The number of benzene rings is 2. The van der Waals surface area contributed by atoms with Crippen LogP contribution in [0.15, 0.2) is 54.6 Å². The van der Waals surface area contributed by atoms with Crippen molar-refractivity contribution < 1.29 is 14.5 Å². The van der Waals surface area contributed by atoms with E-state index in [0.717, 1.165) is 5.69 Å². The fraction of sp³-hybridized carbons (Fsp3) is 0.333. The molecular weight excluding hydrogens is 372 g/mol. The number of carbonyl (C=O) groups excluding carboxylic acids is 2. The van der Waals surface area contributed by atoms with Crippen molar-refractivity contribution in [2.75, 3.05) is 31.1 Å². The van der Waals surface area contributed by atoms with Gasteiger partial charge in [-0.05, 0) is 31.2 Å². The van der Waals surface area contributed by atoms with Gasteiger partial charge >= 0.3 is 0 Å². The first-order chi connectivity index (χ1) is 13.9. The number of nitrogens with one attached hydrogen (secondary N) is 1. The fourth-order valence-electron chi connectivity index (χ4n) is 3.34. The second kappa shape index (κ2) is 9.18. The van der Waals surface area contributed by atoms with Crippen molar-refractivity contribution in [1.82, 2.24) is 10.2 Å². The Kier molecular flexibility index (Phi) is 6.43. The van der Waals surface area contributed by atoms with Crippen LogP contribution in [0.1, 0.15) is 23.7 Å². The van der Waals surface area contributed by atoms with E-state index in [-0.39, 0.29) is 30.0 Å². The number of hydrogen-bond donors (Lipinski definition) is 1. The number of non-ortho nitro benzene ring substituents is 1. The number of anilines is 1. The molecular formula is C21H24N4O4. The molecule has 1 aliphatic heterocycles. The van der Waals surface area contributed by atoms with E-state index >= 15 is 0 Å². The van der Waals surface area contributed by atoms with Crippen LogP contribution in [0.3, 0.4) is 0 Å². The fourth-order valence-corrected chi connectivity index (χ4v) is 3.34. The molecule has 2 amide bonds. The van der Waals surface area contributed by atoms with Crippen molar-refractivity contribution in [2.45, 2.75) is 19.4 Å². The number of nitrogens with zero attached hydrogens (tertiary/aromatic N) is 3. The Labute approximate surface area is 169 Å². The lowest BCUT2D eigenvalue weighted by molar-refractivity contribution is -0.384. The highest BCUT2D eigenvalue weighted by atomic mass is 16.6. The van der Waals surface area contributed by atoms with E-state index in [2.05, 4.69) is 10.2 Å². The van der Waals surface area contributed by atoms with E-state index < -0.39 is 4.92 Å². The summed E-state index contributed by atoms with van der Waals surface area (Å²) in [6.07, 6.45) is 0.246. The van der Waals surface area contributed by atoms with Gasteiger partial charge < -0.3 is 15.1 Å². The summed E-state index contributed by atoms with van der Waals surface area (Å²) in [5.74, 6) is -0.178. The minimum Gasteiger partial charge on any atom is -0.368 e. The molecule has 1 unspecified atom stereocenters. The molecule has 1 fully saturated rings. The Balaban J connectivity index is 1.47. The first-order valence-electron chi connectivity index (χ1n) is 9.57. The van der Waals surface area contributed by atoms with Gasteiger partial charge in [-0.2, -0.15) is 0 Å². The molecule has 152 valence electrons. The first kappa shape index (κ1) is 20.3. The molecule has 1 heterocycles. The van der Waals surface area contributed by atoms with Gasteiger partial charge in [0.15, 0.2) is 0 Å². The van der Waals surface area contributed by atoms with Gasteiger partial charge in [0.2, 0.25) is 5.91 Å². The average molecular weight is 396 g/mol. The molecule has 29 heavy (non-hydrogen) atoms. The maximum absolute atomic E-state index is 12.6. The van der Waals surface area contributed by atoms with Crippen molar-refractivity contribution in [3.05, 3.63) is 70.3 Å². The van der Waals surface area contributed by atoms with E-state index in [0.29, 0.717) is 31.7 Å². The third kappa shape index (κ3) is 5.31. The Morgan fingerprint density at radius 1 is 1.03 bits per heavy atom. The lowest BCUT2D eigenvalue weighted by atomic mass is 10.1. The number of rotatable bonds is 6. The summed E-state index contributed by atoms with van der Waals surface area (Å²) in [7, 11) is 0. The number of nitro groups is 1. The second-order valence-electron chi connectivity index (χ2n) is 7.09. The Morgan fingerprint density at radius 3 is 2.24 bits per heavy atom. The zero-order valence-electron chi connectivity index (χ0n) is 16.3. The maximum Gasteiger partial charge on any atom is 0.269 e. The molecule has 0 spiro atoms. The summed E-state index contributed by atoms with van der Waals surface area (Å²) < 4.78 is 0. The Morgan fingerprint density at radius 2 is 1.66 bits per heavy atom. The van der Waals surface area contributed by atoms with E-state index in [4.69, 9.17) is 0 Å². The van der Waals surface area contributed by atoms with Crippen molar-refractivity contribution >= 4 is 23.2 Å². The largest absolute Gasteiger partial charge is 0.368 e. The van der Waals surface area contributed by atoms with Crippen molar-refractivity contribution in [1.29, 1.82) is 0 Å². The molecule has 2 aromatic rings. The van der Waals surface area contributed by atoms with Crippen LogP contribution in [-0.2, 0) is 4.79 Å². The molecule has 1 N–H and O–H groups in total. The van der Waals surface area contributed by atoms with E-state index in [9.17, 15) is 19.7 Å². The molecule has 0 saturated carbocycles. The highest BCUT2D eigenvalue weighted by Gasteiger charge is 2.23. The molecule has 2 aromatic carbocycles. The molecule has 1 atom stereocenters. The zero-order valence-corrected chi connectivity index (χ0v) is 16.3. The summed E-state index contributed by atoms with van der Waals surface area (Å²) in [6.45, 7) is 4.30. The molecule has 8 heteroatoms. The van der Waals surface area contributed by atoms with Crippen LogP contribution in [-0.4, -0.2) is 53.9 Å². The molecule has 0 bridgehead atoms. The van der Waals surface area contributed by atoms with Crippen LogP contribution in [0.5, 0.6) is 0 Å². The molecule has 0 aliphatic carbocycles. The van der Waals surface area contributed by atoms with Gasteiger partial charge in [0, 0.05) is 62.0 Å². The summed E-state index contributed by atoms with van der Waals surface area (Å²) in [5.41, 5.74) is 1.55. The summed E-state index contributed by atoms with van der Waals surface area (Å²) in [6, 6.07) is 15.1. The number of hydrogen-bond acceptors (Lipinski definition) is 5. The summed E-state index contributed by atoms with van der Waals surface area (Å²) in [4.78, 5) is 39.0. The van der Waals surface area contributed by atoms with Crippen LogP contribution in [0.2, 0.25) is 0 Å². The SMILES string of the molecule is CC(CC(=O)N1CCN(c2ccc([N+](=O)[O-])cc2)CC1)NC(=O)c1ccccc1. The van der Waals surface area contributed by atoms with Crippen molar-refractivity contribution in [3.63, 3.8) is 0 Å². The molecule has 8 nitrogen and oxygen atoms in total. The average Bonchev–Trinajstić information content (AvgIpc) is 2.74. The number of amides is 2. The molecule has 0 aromatic heterocycles. The molecule has 1 saturated heterocycles. The standard InChI is InChI=1S/C21H24N4O4/c1-16(22-21(27)17-5-3-2-4-6-17)15-20(26)24-13-11-23(12-14-24)18-7-9-19(10-8-18)25(28)29/h2-10,16H,11-15H2,1H3,(H,22,27). The van der Waals surface area contributed by atoms with Crippen LogP contribution in [0.25, 0.3) is 0 Å². The predicted octanol–water partition coefficient (Wildman–Crippen LogP) is 2.45. The highest BCUT2D eigenvalue weighted by molar-refractivity contribution is 5.94. The normalized spacial score (nSPS) is 14.9. The number of nitro benzene ring substituents is 1. The molecule has 0 radical (unpaired) electrons. The van der Waals surface area contributed by atoms with Crippen LogP contribution >= 0.6 is 0 Å². The van der Waals surface area contributed by atoms with Gasteiger partial charge in [0.05, 0.1) is 4.92 Å². The van der Waals surface area contributed by atoms with Gasteiger partial charge in [-0.15, -0.1) is 0 Å². The lowest BCUT2D eigenvalue weighted by Gasteiger charge is -2.36. The van der Waals surface area contributed by atoms with E-state index in [1.165, 1.54) is 12.1 Å². The Bertz CT molecular complexity index is 862. The monoisotopic (exact) mass is 396 g/mol. The Hall–Kier alpha value is -3.42. The van der Waals surface area contributed by atoms with Gasteiger partial charge in [-0.3, -0.25) is 19.7 Å². The third-order valence-electron chi connectivity index (χ3n) is 4.95. The maximum atomic E-state index is 12.6. The lowest BCUT2D eigenvalue weighted by Crippen LogP contribution is -2.50. The zero-order chi connectivity index (χ0) is 20.8. The minimum absolute atomic E-state index is 0.00853.